The topological polar surface area (TPSA) is 101 Å². The standard InChI is InChI=1S/C18H24N6O2.ClH/c1-10-14(16-21-22-17(26-16)18(2,3)4)15-20-13(25)9-12(24(15)23-10)11-5-7-19-8-6-11;/h9,11,19H,5-8H2,1-4H3,(H,20,25);1H. The van der Waals surface area contributed by atoms with Crippen molar-refractivity contribution in [3.63, 3.8) is 0 Å². The number of nitrogens with one attached hydrogen (secondary N) is 2. The van der Waals surface area contributed by atoms with Gasteiger partial charge >= 0.3 is 0 Å². The maximum atomic E-state index is 12.3. The minimum absolute atomic E-state index is 0. The second-order valence-electron chi connectivity index (χ2n) is 7.97. The number of aromatic amines is 1. The third-order valence-corrected chi connectivity index (χ3v) is 4.86. The molecular formula is C18H25ClN6O2. The molecule has 0 amide bonds. The van der Waals surface area contributed by atoms with E-state index in [0.717, 1.165) is 37.3 Å². The van der Waals surface area contributed by atoms with Gasteiger partial charge in [0.1, 0.15) is 11.2 Å². The molecule has 0 aliphatic carbocycles. The van der Waals surface area contributed by atoms with Gasteiger partial charge < -0.3 is 14.7 Å². The molecule has 2 N–H and O–H groups in total. The molecule has 9 heteroatoms. The second-order valence-corrected chi connectivity index (χ2v) is 7.97. The van der Waals surface area contributed by atoms with E-state index in [9.17, 15) is 4.79 Å². The van der Waals surface area contributed by atoms with Crippen molar-refractivity contribution in [2.75, 3.05) is 13.1 Å². The van der Waals surface area contributed by atoms with Crippen LogP contribution in [-0.4, -0.2) is 37.9 Å². The highest BCUT2D eigenvalue weighted by molar-refractivity contribution is 5.85. The van der Waals surface area contributed by atoms with Gasteiger partial charge in [0, 0.05) is 17.4 Å². The van der Waals surface area contributed by atoms with Gasteiger partial charge in [-0.1, -0.05) is 20.8 Å². The first-order chi connectivity index (χ1) is 12.3. The van der Waals surface area contributed by atoms with Crippen LogP contribution in [0.25, 0.3) is 17.1 Å². The number of aromatic nitrogens is 5. The highest BCUT2D eigenvalue weighted by Gasteiger charge is 2.27. The first-order valence-corrected chi connectivity index (χ1v) is 9.02. The summed E-state index contributed by atoms with van der Waals surface area (Å²) in [7, 11) is 0. The predicted octanol–water partition coefficient (Wildman–Crippen LogP) is 2.57. The molecule has 4 rings (SSSR count). The number of halogens is 1. The molecule has 0 radical (unpaired) electrons. The smallest absolute Gasteiger partial charge is 0.253 e. The van der Waals surface area contributed by atoms with Crippen molar-refractivity contribution in [3.05, 3.63) is 33.7 Å². The van der Waals surface area contributed by atoms with E-state index in [-0.39, 0.29) is 23.4 Å². The zero-order valence-corrected chi connectivity index (χ0v) is 16.8. The number of nitrogens with zero attached hydrogens (tertiary/aromatic N) is 4. The van der Waals surface area contributed by atoms with Crippen LogP contribution < -0.4 is 10.9 Å². The fourth-order valence-corrected chi connectivity index (χ4v) is 3.47. The highest BCUT2D eigenvalue weighted by Crippen LogP contribution is 2.31. The van der Waals surface area contributed by atoms with E-state index in [1.807, 2.05) is 32.2 Å². The zero-order chi connectivity index (χ0) is 18.5. The number of piperidine rings is 1. The minimum Gasteiger partial charge on any atom is -0.420 e. The summed E-state index contributed by atoms with van der Waals surface area (Å²) in [5.74, 6) is 1.25. The zero-order valence-electron chi connectivity index (χ0n) is 16.0. The molecule has 0 bridgehead atoms. The van der Waals surface area contributed by atoms with Gasteiger partial charge in [0.25, 0.3) is 11.4 Å². The first kappa shape index (κ1) is 19.6. The number of aryl methyl sites for hydroxylation is 1. The Morgan fingerprint density at radius 2 is 1.93 bits per heavy atom. The van der Waals surface area contributed by atoms with Crippen LogP contribution in [0.4, 0.5) is 0 Å². The van der Waals surface area contributed by atoms with E-state index < -0.39 is 0 Å². The van der Waals surface area contributed by atoms with Crippen LogP contribution in [0.2, 0.25) is 0 Å². The molecule has 27 heavy (non-hydrogen) atoms. The van der Waals surface area contributed by atoms with Crippen molar-refractivity contribution in [1.29, 1.82) is 0 Å². The molecule has 4 heterocycles. The van der Waals surface area contributed by atoms with Crippen molar-refractivity contribution in [1.82, 2.24) is 30.1 Å². The molecule has 0 saturated carbocycles. The van der Waals surface area contributed by atoms with Crippen LogP contribution in [0.3, 0.4) is 0 Å². The Bertz CT molecular complexity index is 1010. The summed E-state index contributed by atoms with van der Waals surface area (Å²) >= 11 is 0. The first-order valence-electron chi connectivity index (χ1n) is 9.02. The number of hydrogen-bond donors (Lipinski definition) is 2. The van der Waals surface area contributed by atoms with Crippen LogP contribution in [0, 0.1) is 6.92 Å². The van der Waals surface area contributed by atoms with Crippen molar-refractivity contribution >= 4 is 18.1 Å². The summed E-state index contributed by atoms with van der Waals surface area (Å²) in [4.78, 5) is 15.2. The number of hydrogen-bond acceptors (Lipinski definition) is 6. The maximum absolute atomic E-state index is 12.3. The van der Waals surface area contributed by atoms with Gasteiger partial charge in [0.05, 0.1) is 11.4 Å². The lowest BCUT2D eigenvalue weighted by Gasteiger charge is -2.23. The summed E-state index contributed by atoms with van der Waals surface area (Å²) in [5, 5.41) is 16.4. The van der Waals surface area contributed by atoms with Gasteiger partial charge in [-0.15, -0.1) is 22.6 Å². The molecule has 3 aromatic heterocycles. The summed E-state index contributed by atoms with van der Waals surface area (Å²) in [6.07, 6.45) is 1.98. The predicted molar refractivity (Wildman–Crippen MR) is 105 cm³/mol. The van der Waals surface area contributed by atoms with Crippen LogP contribution in [-0.2, 0) is 5.41 Å². The molecule has 3 aromatic rings. The Kier molecular flexibility index (Phi) is 5.14. The van der Waals surface area contributed by atoms with E-state index >= 15 is 0 Å². The maximum Gasteiger partial charge on any atom is 0.253 e. The van der Waals surface area contributed by atoms with Gasteiger partial charge in [0.2, 0.25) is 5.89 Å². The summed E-state index contributed by atoms with van der Waals surface area (Å²) in [6, 6.07) is 1.66. The molecule has 0 spiro atoms. The Labute approximate surface area is 163 Å². The molecule has 8 nitrogen and oxygen atoms in total. The van der Waals surface area contributed by atoms with E-state index in [1.165, 1.54) is 0 Å². The van der Waals surface area contributed by atoms with E-state index in [2.05, 4.69) is 25.6 Å². The molecule has 0 aromatic carbocycles. The van der Waals surface area contributed by atoms with Crippen LogP contribution >= 0.6 is 12.4 Å². The van der Waals surface area contributed by atoms with Gasteiger partial charge in [-0.3, -0.25) is 4.79 Å². The molecule has 0 unspecified atom stereocenters. The van der Waals surface area contributed by atoms with Gasteiger partial charge in [0.15, 0.2) is 0 Å². The van der Waals surface area contributed by atoms with E-state index in [0.29, 0.717) is 28.9 Å². The quantitative estimate of drug-likeness (QED) is 0.695. The summed E-state index contributed by atoms with van der Waals surface area (Å²) in [6.45, 7) is 9.85. The normalized spacial score (nSPS) is 15.9. The molecule has 146 valence electrons. The molecule has 1 aliphatic heterocycles. The van der Waals surface area contributed by atoms with Crippen molar-refractivity contribution in [2.24, 2.45) is 0 Å². The lowest BCUT2D eigenvalue weighted by atomic mass is 9.94. The van der Waals surface area contributed by atoms with E-state index in [1.54, 1.807) is 6.07 Å². The largest absolute Gasteiger partial charge is 0.420 e. The number of fused-ring (bicyclic) bond motifs is 1. The van der Waals surface area contributed by atoms with Crippen molar-refractivity contribution < 1.29 is 4.42 Å². The molecule has 1 saturated heterocycles. The highest BCUT2D eigenvalue weighted by atomic mass is 35.5. The third-order valence-electron chi connectivity index (χ3n) is 4.86. The Morgan fingerprint density at radius 1 is 1.22 bits per heavy atom. The molecule has 0 atom stereocenters. The van der Waals surface area contributed by atoms with Gasteiger partial charge in [-0.2, -0.15) is 5.10 Å². The summed E-state index contributed by atoms with van der Waals surface area (Å²) in [5.41, 5.74) is 2.63. The summed E-state index contributed by atoms with van der Waals surface area (Å²) < 4.78 is 7.74. The van der Waals surface area contributed by atoms with Gasteiger partial charge in [-0.05, 0) is 32.9 Å². The van der Waals surface area contributed by atoms with Crippen LogP contribution in [0.1, 0.15) is 56.8 Å². The Hall–Kier alpha value is -2.19. The van der Waals surface area contributed by atoms with Crippen molar-refractivity contribution in [2.45, 2.75) is 51.9 Å². The second kappa shape index (κ2) is 7.09. The van der Waals surface area contributed by atoms with E-state index in [4.69, 9.17) is 4.42 Å². The van der Waals surface area contributed by atoms with Crippen LogP contribution in [0.15, 0.2) is 15.3 Å². The minimum atomic E-state index is -0.240. The SMILES string of the molecule is Cc1nn2c(C3CCNCC3)cc(=O)[nH]c2c1-c1nnc(C(C)(C)C)o1.Cl. The fraction of sp³-hybridized carbons (Fsp3) is 0.556. The Morgan fingerprint density at radius 3 is 2.56 bits per heavy atom. The van der Waals surface area contributed by atoms with Gasteiger partial charge in [-0.25, -0.2) is 4.52 Å². The Balaban J connectivity index is 0.00000210. The average molecular weight is 393 g/mol. The molecule has 1 fully saturated rings. The lowest BCUT2D eigenvalue weighted by Crippen LogP contribution is -2.28. The monoisotopic (exact) mass is 392 g/mol. The molecular weight excluding hydrogens is 368 g/mol. The van der Waals surface area contributed by atoms with Crippen LogP contribution in [0.5, 0.6) is 0 Å². The fourth-order valence-electron chi connectivity index (χ4n) is 3.47. The van der Waals surface area contributed by atoms with Crippen molar-refractivity contribution in [3.8, 4) is 11.5 Å². The molecule has 1 aliphatic rings. The number of H-pyrrole nitrogens is 1. The number of rotatable bonds is 2. The third kappa shape index (κ3) is 3.51. The lowest BCUT2D eigenvalue weighted by molar-refractivity contribution is 0.399. The average Bonchev–Trinajstić information content (AvgIpc) is 3.18.